The van der Waals surface area contributed by atoms with Crippen molar-refractivity contribution in [2.45, 2.75) is 33.0 Å². The highest BCUT2D eigenvalue weighted by Crippen LogP contribution is 2.24. The van der Waals surface area contributed by atoms with Gasteiger partial charge in [-0.1, -0.05) is 40.2 Å². The van der Waals surface area contributed by atoms with Gasteiger partial charge in [0.15, 0.2) is 0 Å². The molecule has 3 amide bonds. The fraction of sp³-hybridized carbons (Fsp3) is 0.217. The molecular formula is C23H24BrN3O3. The second-order valence-electron chi connectivity index (χ2n) is 7.13. The van der Waals surface area contributed by atoms with Crippen LogP contribution in [0.1, 0.15) is 35.5 Å². The highest BCUT2D eigenvalue weighted by atomic mass is 79.9. The fourth-order valence-electron chi connectivity index (χ4n) is 2.78. The van der Waals surface area contributed by atoms with Gasteiger partial charge in [-0.2, -0.15) is 0 Å². The molecule has 0 spiro atoms. The zero-order valence-corrected chi connectivity index (χ0v) is 18.5. The third-order valence-electron chi connectivity index (χ3n) is 4.30. The fourth-order valence-corrected chi connectivity index (χ4v) is 3.05. The van der Waals surface area contributed by atoms with Crippen LogP contribution in [0.5, 0.6) is 0 Å². The molecule has 3 aromatic rings. The first kappa shape index (κ1) is 21.6. The normalized spacial score (nSPS) is 10.7. The number of carbonyl (C=O) groups excluding carboxylic acids is 2. The standard InChI is InChI=1S/C23H24BrN3O3/c1-15(2)27-23(29)26-13-16-3-5-18(6-4-16)22(28)25-14-20-11-12-21(30-20)17-7-9-19(24)10-8-17/h3-12,15H,13-14H2,1-2H3,(H,25,28)(H2,26,27,29). The molecule has 156 valence electrons. The predicted octanol–water partition coefficient (Wildman–Crippen LogP) is 4.85. The summed E-state index contributed by atoms with van der Waals surface area (Å²) in [7, 11) is 0. The van der Waals surface area contributed by atoms with E-state index < -0.39 is 0 Å². The van der Waals surface area contributed by atoms with Crippen molar-refractivity contribution in [3.8, 4) is 11.3 Å². The van der Waals surface area contributed by atoms with Crippen molar-refractivity contribution in [3.63, 3.8) is 0 Å². The second-order valence-corrected chi connectivity index (χ2v) is 8.05. The molecule has 0 aliphatic heterocycles. The number of carbonyl (C=O) groups is 2. The quantitative estimate of drug-likeness (QED) is 0.462. The van der Waals surface area contributed by atoms with Gasteiger partial charge < -0.3 is 20.4 Å². The number of rotatable bonds is 7. The monoisotopic (exact) mass is 469 g/mol. The van der Waals surface area contributed by atoms with Crippen LogP contribution in [-0.2, 0) is 13.1 Å². The van der Waals surface area contributed by atoms with E-state index in [1.165, 1.54) is 0 Å². The van der Waals surface area contributed by atoms with E-state index in [0.717, 1.165) is 21.4 Å². The Hall–Kier alpha value is -3.06. The molecule has 2 aromatic carbocycles. The van der Waals surface area contributed by atoms with E-state index in [0.29, 0.717) is 24.4 Å². The first-order chi connectivity index (χ1) is 14.4. The molecule has 3 rings (SSSR count). The maximum atomic E-state index is 12.4. The van der Waals surface area contributed by atoms with Crippen LogP contribution in [0.2, 0.25) is 0 Å². The summed E-state index contributed by atoms with van der Waals surface area (Å²) >= 11 is 3.41. The molecule has 0 saturated heterocycles. The molecular weight excluding hydrogens is 446 g/mol. The molecule has 0 atom stereocenters. The Balaban J connectivity index is 1.50. The molecule has 0 saturated carbocycles. The summed E-state index contributed by atoms with van der Waals surface area (Å²) < 4.78 is 6.83. The van der Waals surface area contributed by atoms with Crippen molar-refractivity contribution in [2.24, 2.45) is 0 Å². The van der Waals surface area contributed by atoms with Crippen LogP contribution in [0.25, 0.3) is 11.3 Å². The van der Waals surface area contributed by atoms with Crippen molar-refractivity contribution in [1.82, 2.24) is 16.0 Å². The van der Waals surface area contributed by atoms with E-state index in [-0.39, 0.29) is 18.0 Å². The van der Waals surface area contributed by atoms with Gasteiger partial charge in [-0.15, -0.1) is 0 Å². The number of hydrogen-bond donors (Lipinski definition) is 3. The molecule has 0 radical (unpaired) electrons. The van der Waals surface area contributed by atoms with Crippen LogP contribution in [0, 0.1) is 0 Å². The van der Waals surface area contributed by atoms with Gasteiger partial charge in [0.05, 0.1) is 6.54 Å². The van der Waals surface area contributed by atoms with Crippen molar-refractivity contribution in [3.05, 3.63) is 82.0 Å². The van der Waals surface area contributed by atoms with Gasteiger partial charge in [-0.25, -0.2) is 4.79 Å². The lowest BCUT2D eigenvalue weighted by Crippen LogP contribution is -2.39. The van der Waals surface area contributed by atoms with Gasteiger partial charge in [0.25, 0.3) is 5.91 Å². The minimum absolute atomic E-state index is 0.0798. The van der Waals surface area contributed by atoms with Gasteiger partial charge in [0, 0.05) is 28.2 Å². The van der Waals surface area contributed by atoms with Gasteiger partial charge in [-0.3, -0.25) is 4.79 Å². The van der Waals surface area contributed by atoms with Crippen LogP contribution < -0.4 is 16.0 Å². The zero-order valence-electron chi connectivity index (χ0n) is 16.9. The number of benzene rings is 2. The average Bonchev–Trinajstić information content (AvgIpc) is 3.20. The van der Waals surface area contributed by atoms with Gasteiger partial charge in [0.1, 0.15) is 11.5 Å². The summed E-state index contributed by atoms with van der Waals surface area (Å²) in [5, 5.41) is 8.40. The molecule has 3 N–H and O–H groups in total. The molecule has 0 unspecified atom stereocenters. The molecule has 1 heterocycles. The predicted molar refractivity (Wildman–Crippen MR) is 120 cm³/mol. The van der Waals surface area contributed by atoms with Crippen LogP contribution >= 0.6 is 15.9 Å². The highest BCUT2D eigenvalue weighted by molar-refractivity contribution is 9.10. The van der Waals surface area contributed by atoms with E-state index in [1.807, 2.05) is 62.4 Å². The number of nitrogens with one attached hydrogen (secondary N) is 3. The third kappa shape index (κ3) is 6.22. The Morgan fingerprint density at radius 1 is 0.900 bits per heavy atom. The number of hydrogen-bond acceptors (Lipinski definition) is 3. The Morgan fingerprint density at radius 2 is 1.60 bits per heavy atom. The first-order valence-electron chi connectivity index (χ1n) is 9.67. The molecule has 6 nitrogen and oxygen atoms in total. The summed E-state index contributed by atoms with van der Waals surface area (Å²) in [6.45, 7) is 4.49. The average molecular weight is 470 g/mol. The van der Waals surface area contributed by atoms with E-state index in [2.05, 4.69) is 31.9 Å². The van der Waals surface area contributed by atoms with Crippen LogP contribution in [0.15, 0.2) is 69.6 Å². The zero-order chi connectivity index (χ0) is 21.5. The molecule has 7 heteroatoms. The molecule has 1 aromatic heterocycles. The Kier molecular flexibility index (Phi) is 7.30. The van der Waals surface area contributed by atoms with E-state index in [9.17, 15) is 9.59 Å². The lowest BCUT2D eigenvalue weighted by Gasteiger charge is -2.10. The van der Waals surface area contributed by atoms with Gasteiger partial charge in [-0.05, 0) is 55.8 Å². The minimum atomic E-state index is -0.215. The minimum Gasteiger partial charge on any atom is -0.459 e. The summed E-state index contributed by atoms with van der Waals surface area (Å²) in [6, 6.07) is 18.6. The number of halogens is 1. The van der Waals surface area contributed by atoms with Crippen LogP contribution in [0.4, 0.5) is 4.79 Å². The van der Waals surface area contributed by atoms with Crippen molar-refractivity contribution in [2.75, 3.05) is 0 Å². The highest BCUT2D eigenvalue weighted by Gasteiger charge is 2.09. The van der Waals surface area contributed by atoms with Crippen molar-refractivity contribution >= 4 is 27.9 Å². The maximum absolute atomic E-state index is 12.4. The lowest BCUT2D eigenvalue weighted by atomic mass is 10.1. The first-order valence-corrected chi connectivity index (χ1v) is 10.5. The lowest BCUT2D eigenvalue weighted by molar-refractivity contribution is 0.0948. The van der Waals surface area contributed by atoms with Crippen molar-refractivity contribution in [1.29, 1.82) is 0 Å². The molecule has 0 bridgehead atoms. The Morgan fingerprint density at radius 3 is 2.27 bits per heavy atom. The molecule has 30 heavy (non-hydrogen) atoms. The van der Waals surface area contributed by atoms with Crippen LogP contribution in [-0.4, -0.2) is 18.0 Å². The Labute approximate surface area is 184 Å². The SMILES string of the molecule is CC(C)NC(=O)NCc1ccc(C(=O)NCc2ccc(-c3ccc(Br)cc3)o2)cc1. The van der Waals surface area contributed by atoms with Crippen LogP contribution in [0.3, 0.4) is 0 Å². The topological polar surface area (TPSA) is 83.4 Å². The van der Waals surface area contributed by atoms with Crippen molar-refractivity contribution < 1.29 is 14.0 Å². The molecule has 0 aliphatic carbocycles. The summed E-state index contributed by atoms with van der Waals surface area (Å²) in [5.74, 6) is 1.25. The smallest absolute Gasteiger partial charge is 0.315 e. The Bertz CT molecular complexity index is 995. The maximum Gasteiger partial charge on any atom is 0.315 e. The third-order valence-corrected chi connectivity index (χ3v) is 4.83. The largest absolute Gasteiger partial charge is 0.459 e. The number of urea groups is 1. The van der Waals surface area contributed by atoms with E-state index in [1.54, 1.807) is 12.1 Å². The molecule has 0 aliphatic rings. The second kappa shape index (κ2) is 10.1. The van der Waals surface area contributed by atoms with E-state index in [4.69, 9.17) is 4.42 Å². The van der Waals surface area contributed by atoms with E-state index >= 15 is 0 Å². The number of furan rings is 1. The number of amides is 3. The van der Waals surface area contributed by atoms with Gasteiger partial charge in [0.2, 0.25) is 0 Å². The summed E-state index contributed by atoms with van der Waals surface area (Å²) in [6.07, 6.45) is 0. The molecule has 0 fully saturated rings. The summed E-state index contributed by atoms with van der Waals surface area (Å²) in [4.78, 5) is 24.0. The van der Waals surface area contributed by atoms with Gasteiger partial charge >= 0.3 is 6.03 Å². The summed E-state index contributed by atoms with van der Waals surface area (Å²) in [5.41, 5.74) is 2.43.